The minimum absolute atomic E-state index is 0.158. The molecule has 1 aliphatic heterocycles. The third kappa shape index (κ3) is 3.05. The first-order valence-corrected chi connectivity index (χ1v) is 4.24. The molecule has 0 aromatic heterocycles. The molecule has 0 amide bonds. The Morgan fingerprint density at radius 3 is 3.17 bits per heavy atom. The fraction of sp³-hybridized carbons (Fsp3) is 0.667. The van der Waals surface area contributed by atoms with Crippen molar-refractivity contribution >= 4 is 5.97 Å². The predicted molar refractivity (Wildman–Crippen MR) is 44.8 cm³/mol. The molecule has 0 unspecified atom stereocenters. The van der Waals surface area contributed by atoms with Gasteiger partial charge in [0.2, 0.25) is 0 Å². The minimum atomic E-state index is -0.158. The third-order valence-corrected chi connectivity index (χ3v) is 1.66. The largest absolute Gasteiger partial charge is 0.466 e. The SMILES string of the molecule is CCOC(=O)CC1=CCCOC1. The predicted octanol–water partition coefficient (Wildman–Crippen LogP) is 1.29. The van der Waals surface area contributed by atoms with Crippen LogP contribution in [-0.2, 0) is 14.3 Å². The van der Waals surface area contributed by atoms with Crippen LogP contribution in [0.5, 0.6) is 0 Å². The molecule has 12 heavy (non-hydrogen) atoms. The van der Waals surface area contributed by atoms with E-state index in [9.17, 15) is 4.79 Å². The highest BCUT2D eigenvalue weighted by Crippen LogP contribution is 2.10. The van der Waals surface area contributed by atoms with Crippen molar-refractivity contribution < 1.29 is 14.3 Å². The maximum Gasteiger partial charge on any atom is 0.309 e. The summed E-state index contributed by atoms with van der Waals surface area (Å²) in [5, 5.41) is 0. The number of esters is 1. The van der Waals surface area contributed by atoms with Crippen LogP contribution >= 0.6 is 0 Å². The lowest BCUT2D eigenvalue weighted by atomic mass is 10.1. The molecule has 3 nitrogen and oxygen atoms in total. The van der Waals surface area contributed by atoms with E-state index in [2.05, 4.69) is 6.08 Å². The highest BCUT2D eigenvalue weighted by molar-refractivity contribution is 5.72. The van der Waals surface area contributed by atoms with Gasteiger partial charge in [0, 0.05) is 0 Å². The van der Waals surface area contributed by atoms with Crippen molar-refractivity contribution in [3.05, 3.63) is 11.6 Å². The summed E-state index contributed by atoms with van der Waals surface area (Å²) in [6, 6.07) is 0. The maximum atomic E-state index is 11.0. The Labute approximate surface area is 72.4 Å². The van der Waals surface area contributed by atoms with E-state index in [1.54, 1.807) is 0 Å². The van der Waals surface area contributed by atoms with Crippen molar-refractivity contribution in [2.45, 2.75) is 19.8 Å². The van der Waals surface area contributed by atoms with Crippen LogP contribution < -0.4 is 0 Å². The second kappa shape index (κ2) is 4.93. The molecule has 0 bridgehead atoms. The first-order valence-electron chi connectivity index (χ1n) is 4.24. The fourth-order valence-corrected chi connectivity index (χ4v) is 1.13. The molecule has 1 heterocycles. The van der Waals surface area contributed by atoms with E-state index in [4.69, 9.17) is 9.47 Å². The normalized spacial score (nSPS) is 16.9. The minimum Gasteiger partial charge on any atom is -0.466 e. The van der Waals surface area contributed by atoms with Crippen LogP contribution in [-0.4, -0.2) is 25.8 Å². The van der Waals surface area contributed by atoms with E-state index in [1.807, 2.05) is 6.92 Å². The molecule has 0 atom stereocenters. The summed E-state index contributed by atoms with van der Waals surface area (Å²) < 4.78 is 9.99. The van der Waals surface area contributed by atoms with Crippen LogP contribution in [0.3, 0.4) is 0 Å². The molecular formula is C9H14O3. The van der Waals surface area contributed by atoms with E-state index in [-0.39, 0.29) is 5.97 Å². The monoisotopic (exact) mass is 170 g/mol. The van der Waals surface area contributed by atoms with E-state index >= 15 is 0 Å². The molecule has 1 rings (SSSR count). The van der Waals surface area contributed by atoms with E-state index in [0.717, 1.165) is 18.6 Å². The molecule has 0 aromatic carbocycles. The van der Waals surface area contributed by atoms with E-state index in [1.165, 1.54) is 0 Å². The van der Waals surface area contributed by atoms with Crippen molar-refractivity contribution in [3.63, 3.8) is 0 Å². The van der Waals surface area contributed by atoms with Gasteiger partial charge in [-0.15, -0.1) is 0 Å². The highest BCUT2D eigenvalue weighted by Gasteiger charge is 2.09. The smallest absolute Gasteiger partial charge is 0.309 e. The van der Waals surface area contributed by atoms with Gasteiger partial charge in [0.05, 0.1) is 26.2 Å². The van der Waals surface area contributed by atoms with Gasteiger partial charge in [0.15, 0.2) is 0 Å². The summed E-state index contributed by atoms with van der Waals surface area (Å²) in [6.45, 7) is 3.61. The van der Waals surface area contributed by atoms with Crippen LogP contribution in [0.4, 0.5) is 0 Å². The van der Waals surface area contributed by atoms with Gasteiger partial charge in [0.25, 0.3) is 0 Å². The summed E-state index contributed by atoms with van der Waals surface area (Å²) in [6.07, 6.45) is 3.35. The Bertz CT molecular complexity index is 184. The Balaban J connectivity index is 2.29. The molecule has 3 heteroatoms. The Morgan fingerprint density at radius 2 is 2.58 bits per heavy atom. The van der Waals surface area contributed by atoms with Crippen molar-refractivity contribution in [2.24, 2.45) is 0 Å². The van der Waals surface area contributed by atoms with Gasteiger partial charge < -0.3 is 9.47 Å². The maximum absolute atomic E-state index is 11.0. The molecular weight excluding hydrogens is 156 g/mol. The lowest BCUT2D eigenvalue weighted by Crippen LogP contribution is -2.11. The number of rotatable bonds is 3. The van der Waals surface area contributed by atoms with Crippen LogP contribution in [0.2, 0.25) is 0 Å². The molecule has 0 fully saturated rings. The molecule has 0 N–H and O–H groups in total. The van der Waals surface area contributed by atoms with Crippen molar-refractivity contribution in [3.8, 4) is 0 Å². The summed E-state index contributed by atoms with van der Waals surface area (Å²) >= 11 is 0. The lowest BCUT2D eigenvalue weighted by Gasteiger charge is -2.12. The highest BCUT2D eigenvalue weighted by atomic mass is 16.5. The molecule has 0 spiro atoms. The topological polar surface area (TPSA) is 35.5 Å². The van der Waals surface area contributed by atoms with Gasteiger partial charge in [-0.05, 0) is 18.9 Å². The van der Waals surface area contributed by atoms with Crippen LogP contribution in [0, 0.1) is 0 Å². The van der Waals surface area contributed by atoms with Crippen LogP contribution in [0.15, 0.2) is 11.6 Å². The Kier molecular flexibility index (Phi) is 3.80. The number of carbonyl (C=O) groups is 1. The van der Waals surface area contributed by atoms with Crippen molar-refractivity contribution in [1.29, 1.82) is 0 Å². The molecule has 0 saturated heterocycles. The van der Waals surface area contributed by atoms with Gasteiger partial charge in [-0.3, -0.25) is 4.79 Å². The van der Waals surface area contributed by atoms with Gasteiger partial charge in [0.1, 0.15) is 0 Å². The van der Waals surface area contributed by atoms with Crippen LogP contribution in [0.1, 0.15) is 19.8 Å². The summed E-state index contributed by atoms with van der Waals surface area (Å²) in [5.41, 5.74) is 1.04. The molecule has 68 valence electrons. The molecule has 0 radical (unpaired) electrons. The second-order valence-corrected chi connectivity index (χ2v) is 2.69. The quantitative estimate of drug-likeness (QED) is 0.473. The number of hydrogen-bond acceptors (Lipinski definition) is 3. The average molecular weight is 170 g/mol. The third-order valence-electron chi connectivity index (χ3n) is 1.66. The number of ether oxygens (including phenoxy) is 2. The zero-order valence-corrected chi connectivity index (χ0v) is 7.34. The number of hydrogen-bond donors (Lipinski definition) is 0. The van der Waals surface area contributed by atoms with Crippen molar-refractivity contribution in [2.75, 3.05) is 19.8 Å². The second-order valence-electron chi connectivity index (χ2n) is 2.69. The Morgan fingerprint density at radius 1 is 1.75 bits per heavy atom. The average Bonchev–Trinajstić information content (AvgIpc) is 2.06. The zero-order chi connectivity index (χ0) is 8.81. The fourth-order valence-electron chi connectivity index (χ4n) is 1.13. The summed E-state index contributed by atoms with van der Waals surface area (Å²) in [5.74, 6) is -0.158. The first kappa shape index (κ1) is 9.26. The summed E-state index contributed by atoms with van der Waals surface area (Å²) in [7, 11) is 0. The van der Waals surface area contributed by atoms with Gasteiger partial charge >= 0.3 is 5.97 Å². The molecule has 0 aromatic rings. The Hall–Kier alpha value is -0.830. The van der Waals surface area contributed by atoms with E-state index < -0.39 is 0 Å². The van der Waals surface area contributed by atoms with Gasteiger partial charge in [-0.25, -0.2) is 0 Å². The van der Waals surface area contributed by atoms with Gasteiger partial charge in [-0.2, -0.15) is 0 Å². The number of carbonyl (C=O) groups excluding carboxylic acids is 1. The van der Waals surface area contributed by atoms with Crippen LogP contribution in [0.25, 0.3) is 0 Å². The molecule has 1 aliphatic rings. The molecule has 0 saturated carbocycles. The first-order chi connectivity index (χ1) is 5.83. The molecule has 0 aliphatic carbocycles. The van der Waals surface area contributed by atoms with Crippen molar-refractivity contribution in [1.82, 2.24) is 0 Å². The standard InChI is InChI=1S/C9H14O3/c1-2-12-9(10)6-8-4-3-5-11-7-8/h4H,2-3,5-7H2,1H3. The lowest BCUT2D eigenvalue weighted by molar-refractivity contribution is -0.142. The summed E-state index contributed by atoms with van der Waals surface area (Å²) in [4.78, 5) is 11.0. The zero-order valence-electron chi connectivity index (χ0n) is 7.34. The van der Waals surface area contributed by atoms with E-state index in [0.29, 0.717) is 19.6 Å². The van der Waals surface area contributed by atoms with Gasteiger partial charge in [-0.1, -0.05) is 6.08 Å².